The number of unbranched alkanes of at least 4 members (excludes halogenated alkanes) is 2. The Bertz CT molecular complexity index is 596. The third kappa shape index (κ3) is 3.09. The van der Waals surface area contributed by atoms with Crippen molar-refractivity contribution in [2.24, 2.45) is 5.92 Å². The molecule has 1 aromatic rings. The van der Waals surface area contributed by atoms with Gasteiger partial charge in [-0.05, 0) is 37.7 Å². The van der Waals surface area contributed by atoms with E-state index < -0.39 is 0 Å². The lowest BCUT2D eigenvalue weighted by atomic mass is 9.83. The molecule has 2 atom stereocenters. The van der Waals surface area contributed by atoms with Crippen LogP contribution in [0.25, 0.3) is 0 Å². The van der Waals surface area contributed by atoms with Gasteiger partial charge in [-0.15, -0.1) is 0 Å². The van der Waals surface area contributed by atoms with Crippen molar-refractivity contribution in [3.8, 4) is 0 Å². The molecule has 2 aliphatic rings. The fraction of sp³-hybridized carbons (Fsp3) is 0.647. The number of rotatable bonds is 5. The number of fused-ring (bicyclic) bond motifs is 4. The van der Waals surface area contributed by atoms with Crippen LogP contribution in [0, 0.1) is 5.92 Å². The van der Waals surface area contributed by atoms with Crippen LogP contribution in [-0.2, 0) is 11.3 Å². The second-order valence-corrected chi connectivity index (χ2v) is 6.66. The summed E-state index contributed by atoms with van der Waals surface area (Å²) in [7, 11) is 0. The average molecular weight is 304 g/mol. The predicted octanol–water partition coefficient (Wildman–Crippen LogP) is 0.596. The maximum absolute atomic E-state index is 12.4. The van der Waals surface area contributed by atoms with E-state index in [0.29, 0.717) is 18.3 Å². The Kier molecular flexibility index (Phi) is 4.62. The van der Waals surface area contributed by atoms with Gasteiger partial charge in [-0.3, -0.25) is 9.59 Å². The first-order valence-corrected chi connectivity index (χ1v) is 8.46. The van der Waals surface area contributed by atoms with Crippen LogP contribution in [0.4, 0.5) is 0 Å². The summed E-state index contributed by atoms with van der Waals surface area (Å²) in [4.78, 5) is 26.4. The van der Waals surface area contributed by atoms with Crippen LogP contribution in [0.5, 0.6) is 0 Å². The molecule has 0 spiro atoms. The first-order valence-electron chi connectivity index (χ1n) is 8.46. The largest absolute Gasteiger partial charge is 0.358 e. The highest BCUT2D eigenvalue weighted by atomic mass is 16.2. The second kappa shape index (κ2) is 6.65. The molecule has 5 nitrogen and oxygen atoms in total. The van der Waals surface area contributed by atoms with Crippen molar-refractivity contribution in [3.05, 3.63) is 34.2 Å². The summed E-state index contributed by atoms with van der Waals surface area (Å²) in [5, 5.41) is 0. The number of nitrogens with zero attached hydrogens (tertiary/aromatic N) is 2. The Balaban J connectivity index is 1.66. The molecule has 2 aliphatic heterocycles. The Morgan fingerprint density at radius 1 is 1.18 bits per heavy atom. The van der Waals surface area contributed by atoms with E-state index >= 15 is 0 Å². The van der Waals surface area contributed by atoms with E-state index in [2.05, 4.69) is 5.73 Å². The smallest absolute Gasteiger partial charge is 0.250 e. The summed E-state index contributed by atoms with van der Waals surface area (Å²) in [5.41, 5.74) is 5.04. The second-order valence-electron chi connectivity index (χ2n) is 6.66. The maximum atomic E-state index is 12.4. The molecule has 3 rings (SSSR count). The number of aromatic nitrogens is 1. The van der Waals surface area contributed by atoms with Crippen molar-refractivity contribution >= 4 is 5.91 Å². The molecule has 0 aromatic carbocycles. The van der Waals surface area contributed by atoms with E-state index in [9.17, 15) is 9.59 Å². The number of quaternary nitrogens is 1. The molecule has 2 bridgehead atoms. The number of carbonyl (C=O) groups excluding carboxylic acids is 1. The summed E-state index contributed by atoms with van der Waals surface area (Å²) in [6.45, 7) is 3.30. The monoisotopic (exact) mass is 304 g/mol. The van der Waals surface area contributed by atoms with Crippen LogP contribution in [0.1, 0.15) is 43.7 Å². The molecule has 0 saturated carbocycles. The Labute approximate surface area is 131 Å². The minimum atomic E-state index is 0.0974. The third-order valence-corrected chi connectivity index (χ3v) is 4.97. The highest BCUT2D eigenvalue weighted by Crippen LogP contribution is 2.35. The van der Waals surface area contributed by atoms with Crippen LogP contribution in [0.15, 0.2) is 23.0 Å². The van der Waals surface area contributed by atoms with E-state index in [1.807, 2.05) is 21.6 Å². The summed E-state index contributed by atoms with van der Waals surface area (Å²) < 4.78 is 1.91. The SMILES string of the molecule is [NH3+]CCCCCC(=O)N1C[C@H]2C[C@@H](C1)c1cccc(=O)n1C2. The van der Waals surface area contributed by atoms with Gasteiger partial charge in [-0.1, -0.05) is 6.07 Å². The fourth-order valence-electron chi connectivity index (χ4n) is 3.89. The predicted molar refractivity (Wildman–Crippen MR) is 84.4 cm³/mol. The first-order chi connectivity index (χ1) is 10.7. The van der Waals surface area contributed by atoms with Crippen molar-refractivity contribution in [2.75, 3.05) is 19.6 Å². The van der Waals surface area contributed by atoms with Crippen LogP contribution >= 0.6 is 0 Å². The van der Waals surface area contributed by atoms with Gasteiger partial charge >= 0.3 is 0 Å². The lowest BCUT2D eigenvalue weighted by Gasteiger charge is -2.42. The van der Waals surface area contributed by atoms with E-state index in [0.717, 1.165) is 57.6 Å². The molecule has 1 amide bonds. The highest BCUT2D eigenvalue weighted by Gasteiger charge is 2.35. The Morgan fingerprint density at radius 2 is 2.05 bits per heavy atom. The van der Waals surface area contributed by atoms with Gasteiger partial charge in [0.05, 0.1) is 6.54 Å². The standard InChI is InChI=1S/C17H25N3O2/c18-8-3-1-2-6-16(21)19-10-13-9-14(12-19)15-5-4-7-17(22)20(15)11-13/h4-5,7,13-14H,1-3,6,8-12,18H2/p+1/t13-,14+/m1/s1. The van der Waals surface area contributed by atoms with Gasteiger partial charge in [0.2, 0.25) is 5.91 Å². The molecular weight excluding hydrogens is 278 g/mol. The number of likely N-dealkylation sites (tertiary alicyclic amines) is 1. The van der Waals surface area contributed by atoms with Gasteiger partial charge in [-0.25, -0.2) is 0 Å². The van der Waals surface area contributed by atoms with E-state index in [-0.39, 0.29) is 11.5 Å². The summed E-state index contributed by atoms with van der Waals surface area (Å²) in [5.74, 6) is 1.03. The first kappa shape index (κ1) is 15.3. The molecule has 0 radical (unpaired) electrons. The van der Waals surface area contributed by atoms with Gasteiger partial charge in [-0.2, -0.15) is 0 Å². The zero-order valence-electron chi connectivity index (χ0n) is 13.2. The van der Waals surface area contributed by atoms with Gasteiger partial charge in [0.15, 0.2) is 0 Å². The number of piperidine rings is 1. The average Bonchev–Trinajstić information content (AvgIpc) is 2.52. The van der Waals surface area contributed by atoms with Crippen molar-refractivity contribution in [1.82, 2.24) is 9.47 Å². The molecule has 120 valence electrons. The number of pyridine rings is 1. The minimum Gasteiger partial charge on any atom is -0.358 e. The molecule has 3 N–H and O–H groups in total. The minimum absolute atomic E-state index is 0.0974. The number of hydrogen-bond donors (Lipinski definition) is 1. The topological polar surface area (TPSA) is 70.0 Å². The van der Waals surface area contributed by atoms with Gasteiger partial charge in [0.1, 0.15) is 0 Å². The van der Waals surface area contributed by atoms with Crippen molar-refractivity contribution in [1.29, 1.82) is 0 Å². The molecular formula is C17H26N3O2+. The number of hydrogen-bond acceptors (Lipinski definition) is 2. The van der Waals surface area contributed by atoms with Gasteiger partial charge < -0.3 is 15.2 Å². The van der Waals surface area contributed by atoms with Gasteiger partial charge in [0, 0.05) is 43.7 Å². The highest BCUT2D eigenvalue weighted by molar-refractivity contribution is 5.76. The van der Waals surface area contributed by atoms with Crippen molar-refractivity contribution < 1.29 is 10.5 Å². The molecule has 1 fully saturated rings. The van der Waals surface area contributed by atoms with Crippen LogP contribution in [0.3, 0.4) is 0 Å². The van der Waals surface area contributed by atoms with Crippen LogP contribution < -0.4 is 11.3 Å². The van der Waals surface area contributed by atoms with Crippen molar-refractivity contribution in [2.45, 2.75) is 44.6 Å². The molecule has 0 aliphatic carbocycles. The molecule has 5 heteroatoms. The maximum Gasteiger partial charge on any atom is 0.250 e. The quantitative estimate of drug-likeness (QED) is 0.809. The van der Waals surface area contributed by atoms with Crippen molar-refractivity contribution in [3.63, 3.8) is 0 Å². The third-order valence-electron chi connectivity index (χ3n) is 4.97. The van der Waals surface area contributed by atoms with E-state index in [1.165, 1.54) is 0 Å². The lowest BCUT2D eigenvalue weighted by molar-refractivity contribution is -0.368. The normalized spacial score (nSPS) is 23.2. The lowest BCUT2D eigenvalue weighted by Crippen LogP contribution is -2.50. The van der Waals surface area contributed by atoms with Crippen LogP contribution in [-0.4, -0.2) is 35.0 Å². The van der Waals surface area contributed by atoms with E-state index in [1.54, 1.807) is 6.07 Å². The zero-order chi connectivity index (χ0) is 15.5. The summed E-state index contributed by atoms with van der Waals surface area (Å²) in [6, 6.07) is 5.52. The fourth-order valence-corrected chi connectivity index (χ4v) is 3.89. The van der Waals surface area contributed by atoms with Gasteiger partial charge in [0.25, 0.3) is 5.56 Å². The Morgan fingerprint density at radius 3 is 2.86 bits per heavy atom. The summed E-state index contributed by atoms with van der Waals surface area (Å²) in [6.07, 6.45) is 4.93. The molecule has 1 saturated heterocycles. The number of carbonyl (C=O) groups is 1. The number of amides is 1. The molecule has 22 heavy (non-hydrogen) atoms. The van der Waals surface area contributed by atoms with E-state index in [4.69, 9.17) is 0 Å². The molecule has 3 heterocycles. The molecule has 0 unspecified atom stereocenters. The van der Waals surface area contributed by atoms with Crippen LogP contribution in [0.2, 0.25) is 0 Å². The Hall–Kier alpha value is -1.62. The zero-order valence-corrected chi connectivity index (χ0v) is 13.2. The summed E-state index contributed by atoms with van der Waals surface area (Å²) >= 11 is 0. The molecule has 1 aromatic heterocycles.